The Balaban J connectivity index is 1.49. The van der Waals surface area contributed by atoms with Gasteiger partial charge >= 0.3 is 0 Å². The molecular formula is C18H20N6O3. The zero-order chi connectivity index (χ0) is 18.8. The van der Waals surface area contributed by atoms with E-state index in [1.54, 1.807) is 28.9 Å². The van der Waals surface area contributed by atoms with Gasteiger partial charge in [0.25, 0.3) is 0 Å². The standard InChI is InChI=1S/C18H20N6O3/c1-12-20-16(27-22-12)6-17(25)24-9-13-8-23(2)21-18(13)14(10-24)11-26-15-4-3-5-19-7-15/h3-5,7-8,14H,6,9-11H2,1-2H3/t14-/m1/s1. The van der Waals surface area contributed by atoms with E-state index < -0.39 is 0 Å². The molecule has 3 aromatic heterocycles. The van der Waals surface area contributed by atoms with Crippen molar-refractivity contribution in [2.45, 2.75) is 25.8 Å². The molecule has 1 amide bonds. The molecule has 0 spiro atoms. The first-order valence-corrected chi connectivity index (χ1v) is 8.70. The molecule has 27 heavy (non-hydrogen) atoms. The van der Waals surface area contributed by atoms with Crippen molar-refractivity contribution < 1.29 is 14.1 Å². The number of aryl methyl sites for hydroxylation is 2. The number of fused-ring (bicyclic) bond motifs is 1. The smallest absolute Gasteiger partial charge is 0.236 e. The van der Waals surface area contributed by atoms with Crippen molar-refractivity contribution in [2.75, 3.05) is 13.2 Å². The monoisotopic (exact) mass is 368 g/mol. The third-order valence-electron chi connectivity index (χ3n) is 4.44. The predicted octanol–water partition coefficient (Wildman–Crippen LogP) is 1.25. The Hall–Kier alpha value is -3.23. The van der Waals surface area contributed by atoms with E-state index in [0.717, 1.165) is 11.3 Å². The largest absolute Gasteiger partial charge is 0.491 e. The average Bonchev–Trinajstić information content (AvgIpc) is 3.24. The first-order valence-electron chi connectivity index (χ1n) is 8.70. The van der Waals surface area contributed by atoms with E-state index in [0.29, 0.717) is 37.2 Å². The number of carbonyl (C=O) groups excluding carboxylic acids is 1. The number of hydrogen-bond donors (Lipinski definition) is 0. The molecule has 4 heterocycles. The maximum absolute atomic E-state index is 12.7. The molecule has 0 saturated heterocycles. The van der Waals surface area contributed by atoms with Crippen molar-refractivity contribution in [1.82, 2.24) is 29.8 Å². The molecule has 0 radical (unpaired) electrons. The van der Waals surface area contributed by atoms with E-state index in [-0.39, 0.29) is 18.2 Å². The van der Waals surface area contributed by atoms with Crippen LogP contribution in [0.4, 0.5) is 0 Å². The fourth-order valence-corrected chi connectivity index (χ4v) is 3.25. The Morgan fingerprint density at radius 1 is 1.44 bits per heavy atom. The molecule has 0 aliphatic carbocycles. The average molecular weight is 368 g/mol. The van der Waals surface area contributed by atoms with Gasteiger partial charge < -0.3 is 14.2 Å². The summed E-state index contributed by atoms with van der Waals surface area (Å²) in [6, 6.07) is 3.68. The van der Waals surface area contributed by atoms with Gasteiger partial charge in [-0.15, -0.1) is 0 Å². The van der Waals surface area contributed by atoms with E-state index in [1.807, 2.05) is 25.4 Å². The fraction of sp³-hybridized carbons (Fsp3) is 0.389. The van der Waals surface area contributed by atoms with E-state index in [9.17, 15) is 4.79 Å². The van der Waals surface area contributed by atoms with E-state index >= 15 is 0 Å². The number of pyridine rings is 1. The summed E-state index contributed by atoms with van der Waals surface area (Å²) >= 11 is 0. The van der Waals surface area contributed by atoms with Crippen molar-refractivity contribution in [2.24, 2.45) is 7.05 Å². The van der Waals surface area contributed by atoms with Crippen LogP contribution in [0, 0.1) is 6.92 Å². The summed E-state index contributed by atoms with van der Waals surface area (Å²) in [6.45, 7) is 3.18. The number of rotatable bonds is 5. The van der Waals surface area contributed by atoms with Crippen LogP contribution in [0.25, 0.3) is 0 Å². The minimum atomic E-state index is -0.0560. The van der Waals surface area contributed by atoms with Crippen LogP contribution in [0.15, 0.2) is 35.2 Å². The summed E-state index contributed by atoms with van der Waals surface area (Å²) in [5.74, 6) is 1.47. The third-order valence-corrected chi connectivity index (χ3v) is 4.44. The Kier molecular flexibility index (Phi) is 4.57. The molecule has 0 N–H and O–H groups in total. The lowest BCUT2D eigenvalue weighted by Gasteiger charge is -2.31. The summed E-state index contributed by atoms with van der Waals surface area (Å²) < 4.78 is 12.7. The molecule has 9 nitrogen and oxygen atoms in total. The SMILES string of the molecule is Cc1noc(CC(=O)N2Cc3cn(C)nc3[C@@H](COc3cccnc3)C2)n1. The van der Waals surface area contributed by atoms with Crippen LogP contribution < -0.4 is 4.74 Å². The molecule has 0 fully saturated rings. The topological polar surface area (TPSA) is 99.2 Å². The Morgan fingerprint density at radius 2 is 2.33 bits per heavy atom. The van der Waals surface area contributed by atoms with Gasteiger partial charge in [-0.2, -0.15) is 10.1 Å². The zero-order valence-electron chi connectivity index (χ0n) is 15.2. The van der Waals surface area contributed by atoms with Crippen molar-refractivity contribution in [1.29, 1.82) is 0 Å². The minimum Gasteiger partial charge on any atom is -0.491 e. The molecule has 0 bridgehead atoms. The molecule has 0 saturated carbocycles. The maximum atomic E-state index is 12.7. The van der Waals surface area contributed by atoms with Gasteiger partial charge in [-0.1, -0.05) is 5.16 Å². The minimum absolute atomic E-state index is 0.0245. The predicted molar refractivity (Wildman–Crippen MR) is 93.8 cm³/mol. The number of nitrogens with zero attached hydrogens (tertiary/aromatic N) is 6. The lowest BCUT2D eigenvalue weighted by Crippen LogP contribution is -2.40. The van der Waals surface area contributed by atoms with Crippen LogP contribution in [0.3, 0.4) is 0 Å². The Morgan fingerprint density at radius 3 is 3.07 bits per heavy atom. The summed E-state index contributed by atoms with van der Waals surface area (Å²) in [4.78, 5) is 22.7. The third kappa shape index (κ3) is 3.81. The van der Waals surface area contributed by atoms with Crippen molar-refractivity contribution in [3.8, 4) is 5.75 Å². The second kappa shape index (κ2) is 7.18. The highest BCUT2D eigenvalue weighted by Crippen LogP contribution is 2.28. The van der Waals surface area contributed by atoms with Gasteiger partial charge in [0.1, 0.15) is 12.2 Å². The van der Waals surface area contributed by atoms with Crippen molar-refractivity contribution in [3.63, 3.8) is 0 Å². The van der Waals surface area contributed by atoms with Gasteiger partial charge in [0, 0.05) is 38.1 Å². The molecule has 4 rings (SSSR count). The normalized spacial score (nSPS) is 16.2. The fourth-order valence-electron chi connectivity index (χ4n) is 3.25. The van der Waals surface area contributed by atoms with Crippen LogP contribution in [0.1, 0.15) is 28.9 Å². The number of carbonyl (C=O) groups is 1. The van der Waals surface area contributed by atoms with Crippen molar-refractivity contribution >= 4 is 5.91 Å². The summed E-state index contributed by atoms with van der Waals surface area (Å²) in [5.41, 5.74) is 2.00. The Bertz CT molecular complexity index is 936. The summed E-state index contributed by atoms with van der Waals surface area (Å²) in [5, 5.41) is 8.30. The van der Waals surface area contributed by atoms with Gasteiger partial charge in [0.05, 0.1) is 24.4 Å². The zero-order valence-corrected chi connectivity index (χ0v) is 15.2. The van der Waals surface area contributed by atoms with Gasteiger partial charge in [0.15, 0.2) is 5.82 Å². The first-order chi connectivity index (χ1) is 13.1. The lowest BCUT2D eigenvalue weighted by atomic mass is 9.97. The molecule has 3 aromatic rings. The van der Waals surface area contributed by atoms with E-state index in [2.05, 4.69) is 20.2 Å². The molecule has 1 aliphatic rings. The Labute approximate surface area is 156 Å². The van der Waals surface area contributed by atoms with Crippen LogP contribution >= 0.6 is 0 Å². The highest BCUT2D eigenvalue weighted by molar-refractivity contribution is 5.78. The van der Waals surface area contributed by atoms with Crippen LogP contribution in [-0.4, -0.2) is 48.9 Å². The van der Waals surface area contributed by atoms with Crippen LogP contribution in [0.2, 0.25) is 0 Å². The number of amides is 1. The van der Waals surface area contributed by atoms with Gasteiger partial charge in [-0.25, -0.2) is 0 Å². The second-order valence-corrected chi connectivity index (χ2v) is 6.60. The van der Waals surface area contributed by atoms with Gasteiger partial charge in [0.2, 0.25) is 11.8 Å². The maximum Gasteiger partial charge on any atom is 0.236 e. The quantitative estimate of drug-likeness (QED) is 0.668. The first kappa shape index (κ1) is 17.2. The molecule has 140 valence electrons. The summed E-state index contributed by atoms with van der Waals surface area (Å²) in [6.07, 6.45) is 5.41. The molecule has 0 aromatic carbocycles. The highest BCUT2D eigenvalue weighted by atomic mass is 16.5. The van der Waals surface area contributed by atoms with Crippen molar-refractivity contribution in [3.05, 3.63) is 53.7 Å². The highest BCUT2D eigenvalue weighted by Gasteiger charge is 2.32. The molecule has 0 unspecified atom stereocenters. The van der Waals surface area contributed by atoms with E-state index in [1.165, 1.54) is 0 Å². The van der Waals surface area contributed by atoms with Crippen LogP contribution in [-0.2, 0) is 24.8 Å². The number of hydrogen-bond acceptors (Lipinski definition) is 7. The molecular weight excluding hydrogens is 348 g/mol. The van der Waals surface area contributed by atoms with E-state index in [4.69, 9.17) is 9.26 Å². The van der Waals surface area contributed by atoms with Gasteiger partial charge in [-0.05, 0) is 19.1 Å². The molecule has 1 atom stereocenters. The van der Waals surface area contributed by atoms with Gasteiger partial charge in [-0.3, -0.25) is 14.5 Å². The number of aromatic nitrogens is 5. The molecule has 1 aliphatic heterocycles. The summed E-state index contributed by atoms with van der Waals surface area (Å²) in [7, 11) is 1.88. The second-order valence-electron chi connectivity index (χ2n) is 6.60. The molecule has 9 heteroatoms. The van der Waals surface area contributed by atoms with Crippen LogP contribution in [0.5, 0.6) is 5.75 Å². The lowest BCUT2D eigenvalue weighted by molar-refractivity contribution is -0.132. The number of ether oxygens (including phenoxy) is 1.